The Morgan fingerprint density at radius 1 is 0.356 bits per heavy atom. The molecule has 7 aromatic rings. The third-order valence-electron chi connectivity index (χ3n) is 24.4. The number of anilines is 1. The fourth-order valence-electron chi connectivity index (χ4n) is 15.9. The first-order valence-corrected chi connectivity index (χ1v) is 46.0. The Labute approximate surface area is 771 Å². The van der Waals surface area contributed by atoms with Crippen LogP contribution < -0.4 is 33.3 Å². The highest BCUT2D eigenvalue weighted by Gasteiger charge is 2.33. The topological polar surface area (TPSA) is 232 Å². The van der Waals surface area contributed by atoms with Gasteiger partial charge >= 0.3 is 0 Å². The summed E-state index contributed by atoms with van der Waals surface area (Å²) in [6.07, 6.45) is 21.6. The largest absolute Gasteiger partial charge is 0.489 e. The van der Waals surface area contributed by atoms with Crippen LogP contribution in [0.4, 0.5) is 32.3 Å². The minimum absolute atomic E-state index is 0.0261. The van der Waals surface area contributed by atoms with E-state index in [-0.39, 0.29) is 87.2 Å². The lowest BCUT2D eigenvalue weighted by Crippen LogP contribution is -2.41. The lowest BCUT2D eigenvalue weighted by atomic mass is 9.91. The Hall–Kier alpha value is -12.0. The summed E-state index contributed by atoms with van der Waals surface area (Å²) in [7, 11) is 0. The van der Waals surface area contributed by atoms with Gasteiger partial charge in [0.15, 0.2) is 0 Å². The van der Waals surface area contributed by atoms with Crippen LogP contribution in [0.1, 0.15) is 211 Å². The van der Waals surface area contributed by atoms with Crippen molar-refractivity contribution in [1.82, 2.24) is 24.7 Å². The monoisotopic (exact) mass is 1820 g/mol. The molecular weight excluding hydrogens is 1700 g/mol. The molecule has 1 aromatic heterocycles. The highest BCUT2D eigenvalue weighted by Crippen LogP contribution is 2.34. The van der Waals surface area contributed by atoms with Crippen LogP contribution in [0, 0.1) is 11.8 Å². The Kier molecular flexibility index (Phi) is 41.4. The molecule has 15 rings (SSSR count). The molecule has 0 atom stereocenters. The number of benzene rings is 6. The Morgan fingerprint density at radius 3 is 0.939 bits per heavy atom. The molecule has 2 fully saturated rings. The summed E-state index contributed by atoms with van der Waals surface area (Å²) in [5, 5.41) is 0. The Morgan fingerprint density at radius 2 is 0.636 bits per heavy atom. The van der Waals surface area contributed by atoms with Crippen LogP contribution in [-0.2, 0) is 75.2 Å². The number of halogens is 6. The standard InChI is InChI=1S/2C20H26FNO3.C18H18FN3O2.C17H20FNO3.2C15H17FO2/c2*1-2-15(12-21)14-25-18-3-4-19-17(11-18)5-8-22(20(19)23)13-16-6-9-24-10-7-16;1-2-13(11-19)12-24-15-4-5-16-14(10-15)6-9-22(17(16)23)18-20-7-3-8-21-18;1-3-13(9-18)11-22-15-4-5-16-14(8-15)6-7-19(17(16)21)10-12(2)20;2*1-2-11(9-16)10-18-15-6-4-12-3-5-14(17)7-13(12)8-15/h2*3-4,11-12,16H,2,5-10,13-14H2,1H3;3-5,7-8,10-11H,2,6,9,12H2,1H3;4-5,8-9H,3,6-7,10-11H2,1-2H3;2*4,6,8-9H,2-3,5,7,10H2,1H3/b15-12+;15-12-;13-11+;13-9+;11-9+;11-9-. The van der Waals surface area contributed by atoms with Gasteiger partial charge in [0.05, 0.1) is 44.5 Å². The number of nitrogens with zero attached hydrogens (tertiary/aromatic N) is 6. The summed E-state index contributed by atoms with van der Waals surface area (Å²) in [5.74, 6) is 6.05. The molecule has 0 bridgehead atoms. The average molecular weight is 1820 g/mol. The molecule has 6 aliphatic heterocycles. The number of amides is 4. The van der Waals surface area contributed by atoms with E-state index in [9.17, 15) is 59.9 Å². The van der Waals surface area contributed by atoms with Crippen molar-refractivity contribution in [3.05, 3.63) is 266 Å². The third-order valence-corrected chi connectivity index (χ3v) is 24.4. The maximum absolute atomic E-state index is 12.8. The summed E-state index contributed by atoms with van der Waals surface area (Å²) < 4.78 is 119. The molecule has 7 heterocycles. The van der Waals surface area contributed by atoms with E-state index in [0.717, 1.165) is 148 Å². The lowest BCUT2D eigenvalue weighted by Gasteiger charge is -2.33. The molecule has 21 nitrogen and oxygen atoms in total. The summed E-state index contributed by atoms with van der Waals surface area (Å²) in [5.41, 5.74) is 14.9. The van der Waals surface area contributed by atoms with Gasteiger partial charge < -0.3 is 52.6 Å². The first-order valence-electron chi connectivity index (χ1n) is 46.0. The van der Waals surface area contributed by atoms with Crippen molar-refractivity contribution in [1.29, 1.82) is 0 Å². The van der Waals surface area contributed by atoms with Gasteiger partial charge in [0.2, 0.25) is 5.95 Å². The second-order valence-electron chi connectivity index (χ2n) is 33.6. The second-order valence-corrected chi connectivity index (χ2v) is 33.6. The molecule has 27 heteroatoms. The zero-order valence-corrected chi connectivity index (χ0v) is 77.0. The van der Waals surface area contributed by atoms with Crippen molar-refractivity contribution in [3.8, 4) is 34.5 Å². The Balaban J connectivity index is 0.000000165. The molecule has 706 valence electrons. The maximum Gasteiger partial charge on any atom is 0.260 e. The summed E-state index contributed by atoms with van der Waals surface area (Å²) in [6.45, 7) is 21.8. The number of aromatic nitrogens is 2. The van der Waals surface area contributed by atoms with Gasteiger partial charge in [0.1, 0.15) is 91.5 Å². The van der Waals surface area contributed by atoms with Crippen molar-refractivity contribution in [3.63, 3.8) is 0 Å². The SMILES string of the molecule is CC/C(=C/F)COc1ccc2c(c1)CC(=O)CC2.CC/C(=C/F)COc1ccc2c(c1)CCN(CC1CCOCC1)C2=O.CC/C(=C\F)COc1ccc2c(c1)CC(=O)CC2.CC/C(=C\F)COc1ccc2c(c1)CCN(CC(C)=O)C2=O.CC/C(=C\F)COc1ccc2c(c1)CCN(CC1CCOCC1)C2=O.CC/C(=C\F)COc1ccc2c(c1)CCN(c1ncccn1)C2=O. The van der Waals surface area contributed by atoms with E-state index >= 15 is 0 Å². The highest BCUT2D eigenvalue weighted by molar-refractivity contribution is 6.07. The quantitative estimate of drug-likeness (QED) is 0.0368. The normalized spacial score (nSPS) is 16.5. The number of carbonyl (C=O) groups excluding carboxylic acids is 7. The van der Waals surface area contributed by atoms with Gasteiger partial charge in [-0.15, -0.1) is 0 Å². The second kappa shape index (κ2) is 53.5. The van der Waals surface area contributed by atoms with Gasteiger partial charge in [-0.2, -0.15) is 0 Å². The van der Waals surface area contributed by atoms with Gasteiger partial charge in [0.25, 0.3) is 23.6 Å². The molecule has 0 radical (unpaired) electrons. The van der Waals surface area contributed by atoms with Crippen LogP contribution in [0.3, 0.4) is 0 Å². The smallest absolute Gasteiger partial charge is 0.260 e. The molecule has 0 N–H and O–H groups in total. The summed E-state index contributed by atoms with van der Waals surface area (Å²) in [6, 6.07) is 35.0. The van der Waals surface area contributed by atoms with Crippen molar-refractivity contribution >= 4 is 46.9 Å². The van der Waals surface area contributed by atoms with Gasteiger partial charge in [-0.3, -0.25) is 38.5 Å². The van der Waals surface area contributed by atoms with Crippen LogP contribution in [-0.4, -0.2) is 178 Å². The van der Waals surface area contributed by atoms with Crippen LogP contribution in [0.5, 0.6) is 34.5 Å². The van der Waals surface area contributed by atoms with E-state index in [1.807, 2.05) is 124 Å². The molecule has 2 saturated heterocycles. The van der Waals surface area contributed by atoms with Crippen molar-refractivity contribution < 1.29 is 97.8 Å². The van der Waals surface area contributed by atoms with E-state index in [4.69, 9.17) is 37.9 Å². The van der Waals surface area contributed by atoms with Gasteiger partial charge in [-0.25, -0.2) is 36.3 Å². The zero-order valence-electron chi connectivity index (χ0n) is 77.0. The minimum Gasteiger partial charge on any atom is -0.489 e. The minimum atomic E-state index is -0.124. The van der Waals surface area contributed by atoms with E-state index in [1.165, 1.54) is 18.1 Å². The van der Waals surface area contributed by atoms with Gasteiger partial charge in [0, 0.05) is 126 Å². The van der Waals surface area contributed by atoms with Crippen LogP contribution in [0.15, 0.2) is 199 Å². The number of rotatable bonds is 31. The molecule has 2 aliphatic carbocycles. The predicted molar refractivity (Wildman–Crippen MR) is 497 cm³/mol. The zero-order chi connectivity index (χ0) is 94.3. The van der Waals surface area contributed by atoms with Gasteiger partial charge in [-0.1, -0.05) is 53.7 Å². The molecule has 0 spiro atoms. The molecule has 0 saturated carbocycles. The maximum atomic E-state index is 12.8. The van der Waals surface area contributed by atoms with Crippen LogP contribution >= 0.6 is 0 Å². The van der Waals surface area contributed by atoms with Gasteiger partial charge in [-0.05, 0) is 303 Å². The lowest BCUT2D eigenvalue weighted by molar-refractivity contribution is -0.119. The molecular formula is C105H124F6N6O15. The molecule has 0 unspecified atom stereocenters. The molecule has 4 amide bonds. The summed E-state index contributed by atoms with van der Waals surface area (Å²) in [4.78, 5) is 99.8. The number of carbonyl (C=O) groups is 7. The van der Waals surface area contributed by atoms with Crippen molar-refractivity contribution in [2.45, 2.75) is 177 Å². The Bertz CT molecular complexity index is 5050. The number of fused-ring (bicyclic) bond motifs is 6. The third kappa shape index (κ3) is 30.6. The fraction of sp³-hybridized carbons (Fsp3) is 0.438. The molecule has 132 heavy (non-hydrogen) atoms. The number of Topliss-reactive ketones (excluding diaryl/α,β-unsaturated/α-hetero) is 3. The first kappa shape index (κ1) is 102. The molecule has 8 aliphatic rings. The molecule has 6 aromatic carbocycles. The number of ketones is 3. The van der Waals surface area contributed by atoms with E-state index in [1.54, 1.807) is 64.7 Å². The summed E-state index contributed by atoms with van der Waals surface area (Å²) >= 11 is 0. The number of aryl methyl sites for hydroxylation is 2. The van der Waals surface area contributed by atoms with E-state index in [2.05, 4.69) is 9.97 Å². The average Bonchev–Trinajstić information content (AvgIpc) is 0.795. The van der Waals surface area contributed by atoms with Crippen molar-refractivity contribution in [2.75, 3.05) is 117 Å². The van der Waals surface area contributed by atoms with Crippen LogP contribution in [0.25, 0.3) is 0 Å². The van der Waals surface area contributed by atoms with Crippen LogP contribution in [0.2, 0.25) is 0 Å². The van der Waals surface area contributed by atoms with E-state index in [0.29, 0.717) is 225 Å². The number of ether oxygens (including phenoxy) is 8. The predicted octanol–water partition coefficient (Wildman–Crippen LogP) is 20.5. The fourth-order valence-corrected chi connectivity index (χ4v) is 15.9. The first-order chi connectivity index (χ1) is 64.1. The number of hydrogen-bond acceptors (Lipinski definition) is 17. The van der Waals surface area contributed by atoms with E-state index < -0.39 is 0 Å². The number of hydrogen-bond donors (Lipinski definition) is 0. The highest BCUT2D eigenvalue weighted by atomic mass is 19.1. The van der Waals surface area contributed by atoms with Crippen molar-refractivity contribution in [2.24, 2.45) is 11.8 Å².